The number of hydrogen-bond acceptors (Lipinski definition) is 1. The van der Waals surface area contributed by atoms with Gasteiger partial charge in [-0.3, -0.25) is 0 Å². The minimum absolute atomic E-state index is 0.544. The highest BCUT2D eigenvalue weighted by molar-refractivity contribution is 14.1. The van der Waals surface area contributed by atoms with Gasteiger partial charge in [-0.25, -0.2) is 0 Å². The zero-order valence-corrected chi connectivity index (χ0v) is 12.1. The fourth-order valence-corrected chi connectivity index (χ4v) is 5.58. The summed E-state index contributed by atoms with van der Waals surface area (Å²) in [5.74, 6) is 1.91. The Morgan fingerprint density at radius 3 is 2.80 bits per heavy atom. The third kappa shape index (κ3) is 2.87. The Morgan fingerprint density at radius 1 is 1.27 bits per heavy atom. The number of fused-ring (bicyclic) bond motifs is 2. The largest absolute Gasteiger partial charge is 0.381 e. The van der Waals surface area contributed by atoms with Crippen molar-refractivity contribution in [2.24, 2.45) is 17.3 Å². The molecule has 0 aliphatic heterocycles. The molecule has 0 aromatic heterocycles. The van der Waals surface area contributed by atoms with Crippen LogP contribution in [0.15, 0.2) is 0 Å². The summed E-state index contributed by atoms with van der Waals surface area (Å²) >= 11 is 2.66. The number of halogens is 1. The maximum absolute atomic E-state index is 5.74. The van der Waals surface area contributed by atoms with Crippen molar-refractivity contribution in [2.75, 3.05) is 13.2 Å². The van der Waals surface area contributed by atoms with Gasteiger partial charge in [-0.15, -0.1) is 0 Å². The molecule has 2 heteroatoms. The van der Waals surface area contributed by atoms with Crippen molar-refractivity contribution in [1.82, 2.24) is 0 Å². The maximum Gasteiger partial charge on any atom is 0.0522 e. The van der Waals surface area contributed by atoms with Gasteiger partial charge in [0.1, 0.15) is 0 Å². The smallest absolute Gasteiger partial charge is 0.0522 e. The summed E-state index contributed by atoms with van der Waals surface area (Å²) in [6, 6.07) is 0. The second kappa shape index (κ2) is 4.91. The van der Waals surface area contributed by atoms with Crippen LogP contribution in [0.2, 0.25) is 0 Å². The molecule has 0 amide bonds. The minimum atomic E-state index is 0.544. The first-order chi connectivity index (χ1) is 7.13. The van der Waals surface area contributed by atoms with Crippen LogP contribution >= 0.6 is 22.6 Å². The molecule has 0 radical (unpaired) electrons. The molecule has 4 atom stereocenters. The molecule has 0 N–H and O–H groups in total. The van der Waals surface area contributed by atoms with Crippen LogP contribution in [-0.2, 0) is 4.74 Å². The first kappa shape index (κ1) is 12.2. The van der Waals surface area contributed by atoms with Crippen LogP contribution in [-0.4, -0.2) is 17.1 Å². The molecule has 0 aromatic carbocycles. The van der Waals surface area contributed by atoms with E-state index in [-0.39, 0.29) is 0 Å². The zero-order chi connectivity index (χ0) is 10.9. The molecular formula is C13H23IO. The van der Waals surface area contributed by atoms with Crippen LogP contribution in [0.4, 0.5) is 0 Å². The standard InChI is InChI=1S/C13H23IO/c1-3-15-9-13-6-10(2)4-11(7-13)5-12(14)8-13/h10-12H,3-9H2,1-2H3. The van der Waals surface area contributed by atoms with Gasteiger partial charge in [0, 0.05) is 10.5 Å². The van der Waals surface area contributed by atoms with E-state index >= 15 is 0 Å². The van der Waals surface area contributed by atoms with Crippen molar-refractivity contribution in [3.05, 3.63) is 0 Å². The third-order valence-electron chi connectivity index (χ3n) is 4.09. The number of rotatable bonds is 3. The Balaban J connectivity index is 2.04. The summed E-state index contributed by atoms with van der Waals surface area (Å²) in [7, 11) is 0. The highest BCUT2D eigenvalue weighted by Crippen LogP contribution is 2.52. The van der Waals surface area contributed by atoms with E-state index in [0.29, 0.717) is 5.41 Å². The first-order valence-corrected chi connectivity index (χ1v) is 7.60. The molecule has 15 heavy (non-hydrogen) atoms. The molecule has 1 nitrogen and oxygen atoms in total. The Labute approximate surface area is 107 Å². The van der Waals surface area contributed by atoms with Crippen LogP contribution in [0, 0.1) is 17.3 Å². The molecule has 2 aliphatic carbocycles. The Morgan fingerprint density at radius 2 is 2.07 bits per heavy atom. The summed E-state index contributed by atoms with van der Waals surface area (Å²) in [6.45, 7) is 6.45. The van der Waals surface area contributed by atoms with E-state index in [1.54, 1.807) is 0 Å². The molecular weight excluding hydrogens is 299 g/mol. The lowest BCUT2D eigenvalue weighted by atomic mass is 9.59. The van der Waals surface area contributed by atoms with Crippen LogP contribution in [0.25, 0.3) is 0 Å². The molecule has 2 aliphatic rings. The van der Waals surface area contributed by atoms with E-state index in [9.17, 15) is 0 Å². The second-order valence-electron chi connectivity index (χ2n) is 5.79. The van der Waals surface area contributed by atoms with Gasteiger partial charge in [0.05, 0.1) is 6.61 Å². The Bertz CT molecular complexity index is 197. The summed E-state index contributed by atoms with van der Waals surface area (Å²) < 4.78 is 6.64. The highest BCUT2D eigenvalue weighted by atomic mass is 127. The molecule has 4 unspecified atom stereocenters. The topological polar surface area (TPSA) is 9.23 Å². The van der Waals surface area contributed by atoms with Crippen molar-refractivity contribution in [1.29, 1.82) is 0 Å². The quantitative estimate of drug-likeness (QED) is 0.563. The molecule has 0 heterocycles. The number of ether oxygens (including phenoxy) is 1. The van der Waals surface area contributed by atoms with E-state index < -0.39 is 0 Å². The van der Waals surface area contributed by atoms with Gasteiger partial charge >= 0.3 is 0 Å². The first-order valence-electron chi connectivity index (χ1n) is 6.35. The van der Waals surface area contributed by atoms with Crippen LogP contribution in [0.1, 0.15) is 46.0 Å². The highest BCUT2D eigenvalue weighted by Gasteiger charge is 2.44. The van der Waals surface area contributed by atoms with Crippen LogP contribution < -0.4 is 0 Å². The van der Waals surface area contributed by atoms with Crippen molar-refractivity contribution in [3.63, 3.8) is 0 Å². The summed E-state index contributed by atoms with van der Waals surface area (Å²) in [4.78, 5) is 0. The minimum Gasteiger partial charge on any atom is -0.381 e. The average molecular weight is 322 g/mol. The lowest BCUT2D eigenvalue weighted by molar-refractivity contribution is -0.0290. The predicted octanol–water partition coefficient (Wildman–Crippen LogP) is 4.04. The molecule has 88 valence electrons. The van der Waals surface area contributed by atoms with Gasteiger partial charge in [0.2, 0.25) is 0 Å². The summed E-state index contributed by atoms with van der Waals surface area (Å²) in [5, 5.41) is 0. The maximum atomic E-state index is 5.74. The predicted molar refractivity (Wildman–Crippen MR) is 72.5 cm³/mol. The van der Waals surface area contributed by atoms with Crippen molar-refractivity contribution < 1.29 is 4.74 Å². The van der Waals surface area contributed by atoms with E-state index in [1.807, 2.05) is 0 Å². The van der Waals surface area contributed by atoms with E-state index in [2.05, 4.69) is 36.4 Å². The SMILES string of the molecule is CCOCC12CC(C)CC(CC(I)C1)C2. The van der Waals surface area contributed by atoms with Crippen molar-refractivity contribution in [3.8, 4) is 0 Å². The monoisotopic (exact) mass is 322 g/mol. The van der Waals surface area contributed by atoms with Gasteiger partial charge < -0.3 is 4.74 Å². The van der Waals surface area contributed by atoms with Gasteiger partial charge in [0.25, 0.3) is 0 Å². The van der Waals surface area contributed by atoms with Gasteiger partial charge in [-0.2, -0.15) is 0 Å². The Kier molecular flexibility index (Phi) is 3.98. The lowest BCUT2D eigenvalue weighted by Gasteiger charge is -2.49. The molecule has 2 fully saturated rings. The van der Waals surface area contributed by atoms with Crippen molar-refractivity contribution >= 4 is 22.6 Å². The summed E-state index contributed by atoms with van der Waals surface area (Å²) in [5.41, 5.74) is 0.544. The van der Waals surface area contributed by atoms with E-state index in [1.165, 1.54) is 32.1 Å². The zero-order valence-electron chi connectivity index (χ0n) is 9.97. The fraction of sp³-hybridized carbons (Fsp3) is 1.00. The Hall–Kier alpha value is 0.690. The number of hydrogen-bond donors (Lipinski definition) is 0. The molecule has 2 saturated carbocycles. The van der Waals surface area contributed by atoms with Gasteiger partial charge in [0.15, 0.2) is 0 Å². The van der Waals surface area contributed by atoms with Gasteiger partial charge in [-0.05, 0) is 56.3 Å². The van der Waals surface area contributed by atoms with Crippen LogP contribution in [0.5, 0.6) is 0 Å². The second-order valence-corrected chi connectivity index (χ2v) is 7.55. The van der Waals surface area contributed by atoms with Gasteiger partial charge in [-0.1, -0.05) is 29.5 Å². The molecule has 0 saturated heterocycles. The lowest BCUT2D eigenvalue weighted by Crippen LogP contribution is -2.43. The molecule has 0 aromatic rings. The van der Waals surface area contributed by atoms with Crippen LogP contribution in [0.3, 0.4) is 0 Å². The number of alkyl halides is 1. The fourth-order valence-electron chi connectivity index (χ4n) is 3.93. The molecule has 2 bridgehead atoms. The van der Waals surface area contributed by atoms with E-state index in [4.69, 9.17) is 4.74 Å². The third-order valence-corrected chi connectivity index (χ3v) is 5.04. The average Bonchev–Trinajstić information content (AvgIpc) is 2.12. The van der Waals surface area contributed by atoms with E-state index in [0.717, 1.165) is 29.0 Å². The molecule has 2 rings (SSSR count). The van der Waals surface area contributed by atoms with Crippen molar-refractivity contribution in [2.45, 2.75) is 49.9 Å². The normalized spacial score (nSPS) is 45.4. The summed E-state index contributed by atoms with van der Waals surface area (Å²) in [6.07, 6.45) is 7.17. The molecule has 0 spiro atoms.